The molecule has 0 aliphatic heterocycles. The van der Waals surface area contributed by atoms with E-state index in [0.717, 1.165) is 5.75 Å². The minimum Gasteiger partial charge on any atom is -0.481 e. The highest BCUT2D eigenvalue weighted by Gasteiger charge is 2.34. The number of nitrogens with zero attached hydrogens (tertiary/aromatic N) is 1. The number of amides is 3. The molecule has 6 nitrogen and oxygen atoms in total. The van der Waals surface area contributed by atoms with Crippen LogP contribution in [0.15, 0.2) is 30.3 Å². The minimum atomic E-state index is -1.03. The van der Waals surface area contributed by atoms with E-state index in [-0.39, 0.29) is 23.6 Å². The fourth-order valence-corrected chi connectivity index (χ4v) is 3.91. The second-order valence-electron chi connectivity index (χ2n) is 7.94. The lowest BCUT2D eigenvalue weighted by Gasteiger charge is -2.33. The van der Waals surface area contributed by atoms with Gasteiger partial charge in [-0.1, -0.05) is 44.2 Å². The third-order valence-corrected chi connectivity index (χ3v) is 5.65. The van der Waals surface area contributed by atoms with Gasteiger partial charge in [0, 0.05) is 30.0 Å². The third-order valence-electron chi connectivity index (χ3n) is 4.26. The number of carbonyl (C=O) groups is 3. The highest BCUT2D eigenvalue weighted by molar-refractivity contribution is 7.99. The molecule has 3 amide bonds. The van der Waals surface area contributed by atoms with Crippen LogP contribution in [-0.4, -0.2) is 46.3 Å². The van der Waals surface area contributed by atoms with Crippen molar-refractivity contribution in [3.8, 4) is 0 Å². The first-order valence-electron chi connectivity index (χ1n) is 9.48. The summed E-state index contributed by atoms with van der Waals surface area (Å²) >= 11 is 1.65. The smallest absolute Gasteiger partial charge is 0.323 e. The number of benzene rings is 1. The molecule has 0 saturated heterocycles. The number of imide groups is 1. The Balaban J connectivity index is 2.93. The van der Waals surface area contributed by atoms with E-state index in [4.69, 9.17) is 0 Å². The van der Waals surface area contributed by atoms with Crippen LogP contribution in [-0.2, 0) is 15.3 Å². The van der Waals surface area contributed by atoms with Gasteiger partial charge in [-0.25, -0.2) is 4.79 Å². The molecule has 7 heteroatoms. The predicted octanol–water partition coefficient (Wildman–Crippen LogP) is 4.00. The highest BCUT2D eigenvalue weighted by Crippen LogP contribution is 2.30. The Morgan fingerprint density at radius 1 is 1.18 bits per heavy atom. The molecule has 2 N–H and O–H groups in total. The number of aliphatic carboxylic acids is 1. The molecule has 0 fully saturated rings. The van der Waals surface area contributed by atoms with Crippen molar-refractivity contribution < 1.29 is 19.5 Å². The first-order chi connectivity index (χ1) is 13.1. The number of urea groups is 1. The molecule has 0 unspecified atom stereocenters. The summed E-state index contributed by atoms with van der Waals surface area (Å²) in [5.74, 6) is -1.27. The van der Waals surface area contributed by atoms with Crippen LogP contribution in [0, 0.1) is 11.8 Å². The molecule has 0 heterocycles. The van der Waals surface area contributed by atoms with E-state index in [0.29, 0.717) is 6.42 Å². The van der Waals surface area contributed by atoms with Crippen molar-refractivity contribution >= 4 is 29.7 Å². The summed E-state index contributed by atoms with van der Waals surface area (Å²) in [5.41, 5.74) is 1.17. The minimum absolute atomic E-state index is 0.153. The predicted molar refractivity (Wildman–Crippen MR) is 113 cm³/mol. The molecule has 0 saturated carbocycles. The summed E-state index contributed by atoms with van der Waals surface area (Å²) in [6, 6.07) is 9.49. The number of carboxylic acid groups (broad SMARTS) is 1. The standard InChI is InChI=1S/C21H32N2O4S/c1-15(2)11-17(12-18(24)25)19(26)23(20(27)22-5)14-21(3,4)28-13-16-9-7-6-8-10-16/h6-10,15,17H,11-14H2,1-5H3,(H,22,27)(H,24,25)/t17-/m1/s1. The van der Waals surface area contributed by atoms with Gasteiger partial charge in [-0.3, -0.25) is 14.5 Å². The van der Waals surface area contributed by atoms with Gasteiger partial charge in [0.1, 0.15) is 0 Å². The molecule has 28 heavy (non-hydrogen) atoms. The van der Waals surface area contributed by atoms with Gasteiger partial charge >= 0.3 is 12.0 Å². The Hall–Kier alpha value is -2.02. The monoisotopic (exact) mass is 408 g/mol. The van der Waals surface area contributed by atoms with Crippen molar-refractivity contribution in [1.82, 2.24) is 10.2 Å². The van der Waals surface area contributed by atoms with E-state index < -0.39 is 23.8 Å². The molecular weight excluding hydrogens is 376 g/mol. The molecule has 0 spiro atoms. The number of thioether (sulfide) groups is 1. The van der Waals surface area contributed by atoms with Gasteiger partial charge in [0.15, 0.2) is 0 Å². The van der Waals surface area contributed by atoms with Crippen molar-refractivity contribution in [2.24, 2.45) is 11.8 Å². The molecule has 0 aliphatic rings. The Kier molecular flexibility index (Phi) is 9.52. The first-order valence-corrected chi connectivity index (χ1v) is 10.5. The average molecular weight is 409 g/mol. The molecule has 1 atom stereocenters. The van der Waals surface area contributed by atoms with E-state index >= 15 is 0 Å². The molecule has 1 aromatic rings. The topological polar surface area (TPSA) is 86.7 Å². The van der Waals surface area contributed by atoms with Gasteiger partial charge in [0.2, 0.25) is 5.91 Å². The number of nitrogens with one attached hydrogen (secondary N) is 1. The summed E-state index contributed by atoms with van der Waals surface area (Å²) in [7, 11) is 1.47. The Morgan fingerprint density at radius 3 is 2.29 bits per heavy atom. The van der Waals surface area contributed by atoms with Crippen LogP contribution in [0.5, 0.6) is 0 Å². The maximum Gasteiger partial charge on any atom is 0.323 e. The lowest BCUT2D eigenvalue weighted by atomic mass is 9.92. The van der Waals surface area contributed by atoms with E-state index in [2.05, 4.69) is 5.32 Å². The number of rotatable bonds is 10. The Labute approximate surface area is 172 Å². The quantitative estimate of drug-likeness (QED) is 0.611. The molecule has 0 aromatic heterocycles. The summed E-state index contributed by atoms with van der Waals surface area (Å²) in [6.45, 7) is 8.05. The number of hydrogen-bond donors (Lipinski definition) is 2. The Morgan fingerprint density at radius 2 is 1.79 bits per heavy atom. The maximum atomic E-state index is 13.1. The van der Waals surface area contributed by atoms with Crippen LogP contribution in [0.4, 0.5) is 4.79 Å². The lowest BCUT2D eigenvalue weighted by Crippen LogP contribution is -2.50. The zero-order valence-electron chi connectivity index (χ0n) is 17.4. The summed E-state index contributed by atoms with van der Waals surface area (Å²) < 4.78 is -0.385. The Bertz CT molecular complexity index is 662. The molecule has 1 aromatic carbocycles. The molecular formula is C21H32N2O4S. The summed E-state index contributed by atoms with van der Waals surface area (Å²) in [4.78, 5) is 37.9. The van der Waals surface area contributed by atoms with Gasteiger partial charge in [-0.2, -0.15) is 0 Å². The molecule has 0 aliphatic carbocycles. The zero-order chi connectivity index (χ0) is 21.3. The second-order valence-corrected chi connectivity index (χ2v) is 9.62. The van der Waals surface area contributed by atoms with E-state index in [1.165, 1.54) is 17.5 Å². The van der Waals surface area contributed by atoms with Crippen LogP contribution < -0.4 is 5.32 Å². The largest absolute Gasteiger partial charge is 0.481 e. The second kappa shape index (κ2) is 11.1. The SMILES string of the molecule is CNC(=O)N(CC(C)(C)SCc1ccccc1)C(=O)[C@@H](CC(=O)O)CC(C)C. The van der Waals surface area contributed by atoms with Crippen LogP contribution in [0.1, 0.15) is 46.1 Å². The van der Waals surface area contributed by atoms with Gasteiger partial charge < -0.3 is 10.4 Å². The van der Waals surface area contributed by atoms with Crippen LogP contribution >= 0.6 is 11.8 Å². The normalized spacial score (nSPS) is 12.5. The van der Waals surface area contributed by atoms with E-state index in [1.807, 2.05) is 58.0 Å². The maximum absolute atomic E-state index is 13.1. The molecule has 156 valence electrons. The van der Waals surface area contributed by atoms with E-state index in [1.54, 1.807) is 11.8 Å². The average Bonchev–Trinajstić information content (AvgIpc) is 2.63. The third kappa shape index (κ3) is 8.33. The number of carbonyl (C=O) groups excluding carboxylic acids is 2. The fraction of sp³-hybridized carbons (Fsp3) is 0.571. The van der Waals surface area contributed by atoms with Crippen molar-refractivity contribution in [3.63, 3.8) is 0 Å². The van der Waals surface area contributed by atoms with Gasteiger partial charge in [-0.05, 0) is 31.7 Å². The van der Waals surface area contributed by atoms with Crippen molar-refractivity contribution in [2.75, 3.05) is 13.6 Å². The van der Waals surface area contributed by atoms with Gasteiger partial charge in [-0.15, -0.1) is 11.8 Å². The summed E-state index contributed by atoms with van der Waals surface area (Å²) in [6.07, 6.45) is 0.151. The lowest BCUT2D eigenvalue weighted by molar-refractivity contribution is -0.143. The molecule has 0 radical (unpaired) electrons. The van der Waals surface area contributed by atoms with Crippen LogP contribution in [0.2, 0.25) is 0 Å². The molecule has 0 bridgehead atoms. The number of carboxylic acids is 1. The zero-order valence-corrected chi connectivity index (χ0v) is 18.2. The van der Waals surface area contributed by atoms with Gasteiger partial charge in [0.25, 0.3) is 0 Å². The van der Waals surface area contributed by atoms with Crippen molar-refractivity contribution in [1.29, 1.82) is 0 Å². The summed E-state index contributed by atoms with van der Waals surface area (Å²) in [5, 5.41) is 11.7. The van der Waals surface area contributed by atoms with E-state index in [9.17, 15) is 19.5 Å². The highest BCUT2D eigenvalue weighted by atomic mass is 32.2. The number of hydrogen-bond acceptors (Lipinski definition) is 4. The van der Waals surface area contributed by atoms with Crippen molar-refractivity contribution in [2.45, 2.75) is 51.0 Å². The molecule has 1 rings (SSSR count). The van der Waals surface area contributed by atoms with Crippen LogP contribution in [0.25, 0.3) is 0 Å². The first kappa shape index (κ1) is 24.0. The van der Waals surface area contributed by atoms with Crippen LogP contribution in [0.3, 0.4) is 0 Å². The van der Waals surface area contributed by atoms with Gasteiger partial charge in [0.05, 0.1) is 6.42 Å². The van der Waals surface area contributed by atoms with Crippen molar-refractivity contribution in [3.05, 3.63) is 35.9 Å². The fourth-order valence-electron chi connectivity index (χ4n) is 2.94.